The van der Waals surface area contributed by atoms with Crippen LogP contribution < -0.4 is 10.6 Å². The van der Waals surface area contributed by atoms with Gasteiger partial charge in [0.25, 0.3) is 0 Å². The number of rotatable bonds is 7. The van der Waals surface area contributed by atoms with Crippen LogP contribution in [0.5, 0.6) is 0 Å². The quantitative estimate of drug-likeness (QED) is 0.354. The van der Waals surface area contributed by atoms with Crippen molar-refractivity contribution in [2.45, 2.75) is 33.5 Å². The molecule has 27 heavy (non-hydrogen) atoms. The van der Waals surface area contributed by atoms with Crippen LogP contribution in [-0.2, 0) is 19.6 Å². The van der Waals surface area contributed by atoms with E-state index in [9.17, 15) is 4.39 Å². The molecule has 2 rings (SSSR count). The smallest absolute Gasteiger partial charge is 0.191 e. The molecule has 2 N–H and O–H groups in total. The van der Waals surface area contributed by atoms with Crippen molar-refractivity contribution >= 4 is 29.9 Å². The van der Waals surface area contributed by atoms with Gasteiger partial charge in [0.2, 0.25) is 0 Å². The van der Waals surface area contributed by atoms with E-state index in [1.165, 1.54) is 17.2 Å². The van der Waals surface area contributed by atoms with E-state index in [4.69, 9.17) is 0 Å². The Balaban J connectivity index is 0.00000364. The Morgan fingerprint density at radius 3 is 2.52 bits per heavy atom. The van der Waals surface area contributed by atoms with Crippen LogP contribution in [0.1, 0.15) is 29.2 Å². The molecule has 4 nitrogen and oxygen atoms in total. The monoisotopic (exact) mass is 484 g/mol. The third-order valence-corrected chi connectivity index (χ3v) is 3.90. The number of guanidine groups is 1. The third kappa shape index (κ3) is 8.26. The Kier molecular flexibility index (Phi) is 10.3. The van der Waals surface area contributed by atoms with Crippen molar-refractivity contribution in [1.29, 1.82) is 0 Å². The molecule has 0 unspecified atom stereocenters. The standard InChI is InChI=1S/C21H29FN4.HI/c1-5-23-21(24-13-17-8-6-7-16(2)11-17)25-14-18-9-10-20(22)19(12-18)15-26(3)4;/h6-12H,5,13-15H2,1-4H3,(H2,23,24,25);1H. The number of hydrogen-bond acceptors (Lipinski definition) is 2. The predicted octanol–water partition coefficient (Wildman–Crippen LogP) is 4.07. The Labute approximate surface area is 179 Å². The normalized spacial score (nSPS) is 11.3. The van der Waals surface area contributed by atoms with Crippen LogP contribution in [0.4, 0.5) is 4.39 Å². The van der Waals surface area contributed by atoms with Gasteiger partial charge in [0.1, 0.15) is 5.82 Å². The molecule has 0 bridgehead atoms. The Bertz CT molecular complexity index is 747. The van der Waals surface area contributed by atoms with E-state index < -0.39 is 0 Å². The summed E-state index contributed by atoms with van der Waals surface area (Å²) in [6, 6.07) is 13.6. The SMILES string of the molecule is CCNC(=NCc1cccc(C)c1)NCc1ccc(F)c(CN(C)C)c1.I. The first kappa shape index (κ1) is 23.4. The van der Waals surface area contributed by atoms with Gasteiger partial charge in [-0.1, -0.05) is 35.9 Å². The summed E-state index contributed by atoms with van der Waals surface area (Å²) in [6.07, 6.45) is 0. The summed E-state index contributed by atoms with van der Waals surface area (Å²) in [5, 5.41) is 6.58. The van der Waals surface area contributed by atoms with Crippen LogP contribution in [-0.4, -0.2) is 31.5 Å². The zero-order chi connectivity index (χ0) is 18.9. The maximum atomic E-state index is 13.9. The first-order valence-electron chi connectivity index (χ1n) is 8.97. The molecule has 6 heteroatoms. The van der Waals surface area contributed by atoms with Crippen molar-refractivity contribution in [3.05, 3.63) is 70.5 Å². The molecule has 0 spiro atoms. The topological polar surface area (TPSA) is 39.7 Å². The fraction of sp³-hybridized carbons (Fsp3) is 0.381. The second-order valence-electron chi connectivity index (χ2n) is 6.70. The van der Waals surface area contributed by atoms with Crippen LogP contribution >= 0.6 is 24.0 Å². The Hall–Kier alpha value is -1.67. The molecule has 0 amide bonds. The number of halogens is 2. The van der Waals surface area contributed by atoms with Gasteiger partial charge in [0.05, 0.1) is 6.54 Å². The lowest BCUT2D eigenvalue weighted by atomic mass is 10.1. The number of benzene rings is 2. The Morgan fingerprint density at radius 1 is 1.07 bits per heavy atom. The molecule has 0 saturated heterocycles. The van der Waals surface area contributed by atoms with Crippen molar-refractivity contribution in [3.8, 4) is 0 Å². The fourth-order valence-electron chi connectivity index (χ4n) is 2.71. The van der Waals surface area contributed by atoms with Gasteiger partial charge in [-0.05, 0) is 51.2 Å². The van der Waals surface area contributed by atoms with Gasteiger partial charge in [-0.3, -0.25) is 0 Å². The summed E-state index contributed by atoms with van der Waals surface area (Å²) in [5.74, 6) is 0.593. The minimum Gasteiger partial charge on any atom is -0.357 e. The van der Waals surface area contributed by atoms with E-state index in [-0.39, 0.29) is 29.8 Å². The summed E-state index contributed by atoms with van der Waals surface area (Å²) in [5.41, 5.74) is 4.15. The molecular formula is C21H30FIN4. The first-order chi connectivity index (χ1) is 12.5. The van der Waals surface area contributed by atoms with Crippen LogP contribution in [0, 0.1) is 12.7 Å². The molecule has 0 aliphatic heterocycles. The highest BCUT2D eigenvalue weighted by Crippen LogP contribution is 2.12. The van der Waals surface area contributed by atoms with Gasteiger partial charge in [-0.25, -0.2) is 9.38 Å². The van der Waals surface area contributed by atoms with Gasteiger partial charge in [-0.15, -0.1) is 24.0 Å². The van der Waals surface area contributed by atoms with Crippen LogP contribution in [0.2, 0.25) is 0 Å². The molecule has 0 heterocycles. The average Bonchev–Trinajstić information content (AvgIpc) is 2.59. The average molecular weight is 484 g/mol. The minimum absolute atomic E-state index is 0. The lowest BCUT2D eigenvalue weighted by molar-refractivity contribution is 0.392. The summed E-state index contributed by atoms with van der Waals surface area (Å²) < 4.78 is 13.9. The van der Waals surface area contributed by atoms with Crippen molar-refractivity contribution in [2.75, 3.05) is 20.6 Å². The zero-order valence-electron chi connectivity index (χ0n) is 16.6. The van der Waals surface area contributed by atoms with Gasteiger partial charge in [-0.2, -0.15) is 0 Å². The molecule has 0 aliphatic rings. The molecular weight excluding hydrogens is 454 g/mol. The van der Waals surface area contributed by atoms with Gasteiger partial charge in [0, 0.05) is 25.2 Å². The maximum absolute atomic E-state index is 13.9. The second-order valence-corrected chi connectivity index (χ2v) is 6.70. The zero-order valence-corrected chi connectivity index (χ0v) is 18.9. The van der Waals surface area contributed by atoms with Crippen molar-refractivity contribution in [1.82, 2.24) is 15.5 Å². The molecule has 0 aromatic heterocycles. The molecule has 2 aromatic rings. The molecule has 0 radical (unpaired) electrons. The molecule has 2 aromatic carbocycles. The van der Waals surface area contributed by atoms with Gasteiger partial charge >= 0.3 is 0 Å². The Morgan fingerprint density at radius 2 is 1.85 bits per heavy atom. The number of nitrogens with one attached hydrogen (secondary N) is 2. The molecule has 0 fully saturated rings. The van der Waals surface area contributed by atoms with E-state index in [1.807, 2.05) is 44.1 Å². The second kappa shape index (κ2) is 11.9. The van der Waals surface area contributed by atoms with Crippen LogP contribution in [0.3, 0.4) is 0 Å². The van der Waals surface area contributed by atoms with Crippen LogP contribution in [0.25, 0.3) is 0 Å². The highest BCUT2D eigenvalue weighted by molar-refractivity contribution is 14.0. The summed E-state index contributed by atoms with van der Waals surface area (Å²) >= 11 is 0. The van der Waals surface area contributed by atoms with Crippen LogP contribution in [0.15, 0.2) is 47.5 Å². The number of hydrogen-bond donors (Lipinski definition) is 2. The fourth-order valence-corrected chi connectivity index (χ4v) is 2.71. The molecule has 0 aliphatic carbocycles. The van der Waals surface area contributed by atoms with E-state index in [0.29, 0.717) is 25.2 Å². The van der Waals surface area contributed by atoms with E-state index >= 15 is 0 Å². The predicted molar refractivity (Wildman–Crippen MR) is 122 cm³/mol. The van der Waals surface area contributed by atoms with Crippen molar-refractivity contribution in [2.24, 2.45) is 4.99 Å². The lowest BCUT2D eigenvalue weighted by Gasteiger charge is -2.14. The summed E-state index contributed by atoms with van der Waals surface area (Å²) in [4.78, 5) is 6.60. The molecule has 0 saturated carbocycles. The van der Waals surface area contributed by atoms with E-state index in [2.05, 4.69) is 40.7 Å². The largest absolute Gasteiger partial charge is 0.357 e. The molecule has 148 valence electrons. The lowest BCUT2D eigenvalue weighted by Crippen LogP contribution is -2.36. The minimum atomic E-state index is -0.164. The third-order valence-electron chi connectivity index (χ3n) is 3.90. The van der Waals surface area contributed by atoms with Crippen molar-refractivity contribution in [3.63, 3.8) is 0 Å². The highest BCUT2D eigenvalue weighted by atomic mass is 127. The van der Waals surface area contributed by atoms with E-state index in [0.717, 1.165) is 18.1 Å². The molecule has 0 atom stereocenters. The number of aryl methyl sites for hydroxylation is 1. The van der Waals surface area contributed by atoms with Gasteiger partial charge in [0.15, 0.2) is 5.96 Å². The summed E-state index contributed by atoms with van der Waals surface area (Å²) in [6.45, 7) is 6.70. The maximum Gasteiger partial charge on any atom is 0.191 e. The van der Waals surface area contributed by atoms with Gasteiger partial charge < -0.3 is 15.5 Å². The number of nitrogens with zero attached hydrogens (tertiary/aromatic N) is 2. The van der Waals surface area contributed by atoms with E-state index in [1.54, 1.807) is 0 Å². The first-order valence-corrected chi connectivity index (χ1v) is 8.97. The highest BCUT2D eigenvalue weighted by Gasteiger charge is 2.06. The summed E-state index contributed by atoms with van der Waals surface area (Å²) in [7, 11) is 3.87. The van der Waals surface area contributed by atoms with Crippen molar-refractivity contribution < 1.29 is 4.39 Å². The number of aliphatic imine (C=N–C) groups is 1.